The summed E-state index contributed by atoms with van der Waals surface area (Å²) in [5.41, 5.74) is 2.94. The molecule has 0 bridgehead atoms. The molecule has 4 aromatic rings. The van der Waals surface area contributed by atoms with Crippen molar-refractivity contribution in [2.45, 2.75) is 46.0 Å². The van der Waals surface area contributed by atoms with Crippen LogP contribution in [0.2, 0.25) is 0 Å². The van der Waals surface area contributed by atoms with Gasteiger partial charge in [-0.1, -0.05) is 7.43 Å². The first kappa shape index (κ1) is 50.6. The molecular formula is C38H39FK2N4O13. The minimum Gasteiger partial charge on any atom is -1.00 e. The number of hydrogen-bond acceptors (Lipinski definition) is 13. The number of carboxylic acids is 2. The van der Waals surface area contributed by atoms with Crippen molar-refractivity contribution in [3.8, 4) is 28.7 Å². The van der Waals surface area contributed by atoms with Crippen molar-refractivity contribution in [3.05, 3.63) is 89.0 Å². The normalized spacial score (nSPS) is 16.2. The molecule has 0 saturated carbocycles. The summed E-state index contributed by atoms with van der Waals surface area (Å²) in [5, 5.41) is 40.9. The van der Waals surface area contributed by atoms with Crippen molar-refractivity contribution >= 4 is 41.9 Å². The quantitative estimate of drug-likeness (QED) is 0.0614. The summed E-state index contributed by atoms with van der Waals surface area (Å²) in [5.74, 6) is 0.393. The van der Waals surface area contributed by atoms with Crippen LogP contribution in [0.1, 0.15) is 43.9 Å². The van der Waals surface area contributed by atoms with Crippen LogP contribution in [-0.4, -0.2) is 68.7 Å². The SMILES string of the molecule is C.O=C(O)C1COc2ccc(O)cc2C1.O=C1CCc2c(F)ccnc2N1.O=C1CCc2c(Oc3ccc4c(c3)CC(C(=O)O)CO4)ccnc2N1.O=CO[O-].[H-].[K+].[K+]. The molecule has 2 amide bonds. The maximum atomic E-state index is 13.0. The summed E-state index contributed by atoms with van der Waals surface area (Å²) in [4.78, 5) is 63.5. The Kier molecular flexibility index (Phi) is 21.4. The minimum atomic E-state index is -0.865. The number of pyridine rings is 2. The molecule has 0 spiro atoms. The predicted molar refractivity (Wildman–Crippen MR) is 193 cm³/mol. The molecule has 0 saturated heterocycles. The number of anilines is 2. The topological polar surface area (TPSA) is 256 Å². The van der Waals surface area contributed by atoms with E-state index in [0.717, 1.165) is 16.7 Å². The average molecular weight is 857 g/mol. The molecule has 2 unspecified atom stereocenters. The van der Waals surface area contributed by atoms with E-state index in [1.807, 2.05) is 0 Å². The first-order chi connectivity index (χ1) is 26.4. The van der Waals surface area contributed by atoms with Gasteiger partial charge in [0.05, 0.1) is 11.8 Å². The van der Waals surface area contributed by atoms with Gasteiger partial charge in [0.1, 0.15) is 59.4 Å². The van der Waals surface area contributed by atoms with Gasteiger partial charge < -0.3 is 51.7 Å². The van der Waals surface area contributed by atoms with Crippen LogP contribution in [0.3, 0.4) is 0 Å². The summed E-state index contributed by atoms with van der Waals surface area (Å²) in [7, 11) is 0. The number of aromatic nitrogens is 2. The molecule has 4 aliphatic heterocycles. The second-order valence-corrected chi connectivity index (χ2v) is 12.3. The molecule has 5 N–H and O–H groups in total. The number of phenols is 1. The summed E-state index contributed by atoms with van der Waals surface area (Å²) >= 11 is 0. The molecule has 2 atom stereocenters. The maximum Gasteiger partial charge on any atom is 1.00 e. The number of carbonyl (C=O) groups excluding carboxylic acids is 3. The first-order valence-electron chi connectivity index (χ1n) is 16.7. The minimum absolute atomic E-state index is 0. The third-order valence-electron chi connectivity index (χ3n) is 8.59. The molecule has 0 radical (unpaired) electrons. The van der Waals surface area contributed by atoms with E-state index in [-0.39, 0.29) is 155 Å². The fraction of sp³-hybridized carbons (Fsp3) is 0.289. The van der Waals surface area contributed by atoms with Crippen LogP contribution in [0.25, 0.3) is 0 Å². The Labute approximate surface area is 418 Å². The molecule has 17 nitrogen and oxygen atoms in total. The third-order valence-corrected chi connectivity index (χ3v) is 8.59. The monoisotopic (exact) mass is 856 g/mol. The molecule has 6 heterocycles. The van der Waals surface area contributed by atoms with E-state index in [2.05, 4.69) is 25.5 Å². The van der Waals surface area contributed by atoms with Gasteiger partial charge in [-0.2, -0.15) is 0 Å². The van der Waals surface area contributed by atoms with Crippen LogP contribution in [0.4, 0.5) is 16.0 Å². The molecule has 8 rings (SSSR count). The predicted octanol–water partition coefficient (Wildman–Crippen LogP) is -2.28. The van der Waals surface area contributed by atoms with Crippen molar-refractivity contribution in [1.82, 2.24) is 9.97 Å². The Morgan fingerprint density at radius 1 is 0.810 bits per heavy atom. The van der Waals surface area contributed by atoms with Crippen LogP contribution in [0.5, 0.6) is 28.7 Å². The van der Waals surface area contributed by atoms with E-state index in [1.165, 1.54) is 18.3 Å². The Bertz CT molecular complexity index is 2100. The zero-order valence-electron chi connectivity index (χ0n) is 31.9. The van der Waals surface area contributed by atoms with Crippen molar-refractivity contribution in [3.63, 3.8) is 0 Å². The summed E-state index contributed by atoms with van der Waals surface area (Å²) in [6, 6.07) is 13.2. The largest absolute Gasteiger partial charge is 1.00 e. The van der Waals surface area contributed by atoms with Crippen LogP contribution in [0.15, 0.2) is 60.9 Å². The van der Waals surface area contributed by atoms with Crippen molar-refractivity contribution in [2.75, 3.05) is 23.8 Å². The number of nitrogens with one attached hydrogen (secondary N) is 2. The van der Waals surface area contributed by atoms with E-state index in [0.29, 0.717) is 78.7 Å². The Morgan fingerprint density at radius 3 is 1.86 bits per heavy atom. The van der Waals surface area contributed by atoms with E-state index < -0.39 is 23.8 Å². The maximum absolute atomic E-state index is 13.0. The van der Waals surface area contributed by atoms with E-state index >= 15 is 0 Å². The first-order valence-corrected chi connectivity index (χ1v) is 16.7. The average Bonchev–Trinajstić information content (AvgIpc) is 3.18. The number of carboxylic acid groups (broad SMARTS) is 2. The van der Waals surface area contributed by atoms with Crippen LogP contribution in [0, 0.1) is 17.7 Å². The van der Waals surface area contributed by atoms with Gasteiger partial charge in [0.2, 0.25) is 11.8 Å². The van der Waals surface area contributed by atoms with Gasteiger partial charge in [-0.15, -0.1) is 0 Å². The summed E-state index contributed by atoms with van der Waals surface area (Å²) in [6.07, 6.45) is 5.51. The molecule has 4 aliphatic rings. The Balaban J connectivity index is 0.000000439. The van der Waals surface area contributed by atoms with Gasteiger partial charge in [-0.05, 0) is 85.3 Å². The number of carbonyl (C=O) groups is 5. The second kappa shape index (κ2) is 24.5. The molecule has 58 heavy (non-hydrogen) atoms. The van der Waals surface area contributed by atoms with E-state index in [1.54, 1.807) is 42.6 Å². The van der Waals surface area contributed by atoms with Crippen LogP contribution in [-0.2, 0) is 54.5 Å². The molecule has 298 valence electrons. The number of ether oxygens (including phenoxy) is 3. The number of fused-ring (bicyclic) bond motifs is 4. The van der Waals surface area contributed by atoms with E-state index in [9.17, 15) is 28.7 Å². The number of amides is 2. The molecule has 2 aromatic carbocycles. The number of phenolic OH excluding ortho intramolecular Hbond substituents is 1. The molecule has 0 fully saturated rings. The second-order valence-electron chi connectivity index (χ2n) is 12.3. The number of nitrogens with zero attached hydrogens (tertiary/aromatic N) is 2. The number of halogens is 1. The van der Waals surface area contributed by atoms with Crippen LogP contribution >= 0.6 is 0 Å². The van der Waals surface area contributed by atoms with Crippen molar-refractivity contribution in [2.24, 2.45) is 11.8 Å². The molecular weight excluding hydrogens is 818 g/mol. The molecule has 20 heteroatoms. The Hall–Kier alpha value is -3.55. The van der Waals surface area contributed by atoms with Gasteiger partial charge in [0, 0.05) is 36.4 Å². The zero-order valence-corrected chi connectivity index (χ0v) is 37.1. The Morgan fingerprint density at radius 2 is 1.31 bits per heavy atom. The third kappa shape index (κ3) is 14.0. The zero-order chi connectivity index (χ0) is 39.5. The fourth-order valence-electron chi connectivity index (χ4n) is 5.86. The van der Waals surface area contributed by atoms with Gasteiger partial charge in [-0.3, -0.25) is 24.0 Å². The summed E-state index contributed by atoms with van der Waals surface area (Å²) in [6.45, 7) is 0.202. The smallest absolute Gasteiger partial charge is 1.00 e. The van der Waals surface area contributed by atoms with Crippen molar-refractivity contribution in [1.29, 1.82) is 0 Å². The van der Waals surface area contributed by atoms with Crippen LogP contribution < -0.4 is 133 Å². The summed E-state index contributed by atoms with van der Waals surface area (Å²) < 4.78 is 29.8. The van der Waals surface area contributed by atoms with Gasteiger partial charge >= 0.3 is 115 Å². The molecule has 2 aromatic heterocycles. The van der Waals surface area contributed by atoms with Gasteiger partial charge in [0.15, 0.2) is 0 Å². The fourth-order valence-corrected chi connectivity index (χ4v) is 5.86. The van der Waals surface area contributed by atoms with E-state index in [4.69, 9.17) is 34.5 Å². The van der Waals surface area contributed by atoms with Gasteiger partial charge in [0.25, 0.3) is 6.47 Å². The standard InChI is InChI=1S/C18H16N2O5.C10H10O4.C8H7FN2O.CH2O3.CH4.2K.H/c21-16-4-2-13-15(5-6-19-17(13)20-16)25-12-1-3-14-10(8-12)7-11(9-24-14)18(22)23;11-8-1-2-9-6(4-8)3-7(5-14-9)10(12)13;9-6-3-4-10-8-5(6)1-2-7(12)11-8;2-1-4-3;;;;/h1,3,5-6,8,11H,2,4,7,9H2,(H,22,23)(H,19,20,21);1-2,4,7,11H,3,5H2,(H,12,13);3-4H,1-2H2,(H,10,11,12);1,3H;1H4;;;/q;;;;;2*+1;-1/p-1. The number of hydrogen-bond donors (Lipinski definition) is 5. The van der Waals surface area contributed by atoms with Crippen molar-refractivity contribution < 1.29 is 172 Å². The number of rotatable bonds is 5. The number of aromatic hydroxyl groups is 1. The number of aliphatic carboxylic acids is 2. The van der Waals surface area contributed by atoms with Gasteiger partial charge in [-0.25, -0.2) is 14.4 Å². The number of benzene rings is 2. The molecule has 0 aliphatic carbocycles.